The van der Waals surface area contributed by atoms with Crippen LogP contribution in [0.25, 0.3) is 6.08 Å². The third-order valence-electron chi connectivity index (χ3n) is 2.08. The summed E-state index contributed by atoms with van der Waals surface area (Å²) in [6, 6.07) is 5.93. The molecule has 3 heteroatoms. The van der Waals surface area contributed by atoms with Gasteiger partial charge < -0.3 is 9.47 Å². The van der Waals surface area contributed by atoms with Gasteiger partial charge in [-0.15, -0.1) is 0 Å². The molecule has 16 heavy (non-hydrogen) atoms. The Morgan fingerprint density at radius 2 is 2.12 bits per heavy atom. The van der Waals surface area contributed by atoms with Crippen LogP contribution in [0.5, 0.6) is 11.5 Å². The minimum absolute atomic E-state index is 0.695. The Hall–Kier alpha value is -0.960. The predicted molar refractivity (Wildman–Crippen MR) is 71.6 cm³/mol. The van der Waals surface area contributed by atoms with E-state index in [0.29, 0.717) is 6.61 Å². The van der Waals surface area contributed by atoms with Crippen LogP contribution in [-0.4, -0.2) is 19.0 Å². The first kappa shape index (κ1) is 13.1. The number of alkyl halides is 1. The predicted octanol–water partition coefficient (Wildman–Crippen LogP) is 3.89. The highest BCUT2D eigenvalue weighted by molar-refractivity contribution is 9.09. The highest BCUT2D eigenvalue weighted by Gasteiger charge is 2.04. The topological polar surface area (TPSA) is 18.5 Å². The standard InChI is InChI=1S/C13H17BrO2/c1-3-5-11-6-7-12(15-2)13(10-11)16-9-4-8-14/h3,5-7,10H,4,8-9H2,1-2H3. The third-order valence-corrected chi connectivity index (χ3v) is 2.64. The SMILES string of the molecule is CC=Cc1ccc(OC)c(OCCCBr)c1. The Kier molecular flexibility index (Phi) is 6.01. The summed E-state index contributed by atoms with van der Waals surface area (Å²) in [6.45, 7) is 2.69. The van der Waals surface area contributed by atoms with Crippen molar-refractivity contribution in [2.45, 2.75) is 13.3 Å². The lowest BCUT2D eigenvalue weighted by Gasteiger charge is -2.10. The van der Waals surface area contributed by atoms with E-state index in [2.05, 4.69) is 15.9 Å². The molecule has 0 aromatic heterocycles. The fourth-order valence-corrected chi connectivity index (χ4v) is 1.57. The smallest absolute Gasteiger partial charge is 0.161 e. The second-order valence-corrected chi connectivity index (χ2v) is 4.09. The van der Waals surface area contributed by atoms with Gasteiger partial charge in [-0.25, -0.2) is 0 Å². The van der Waals surface area contributed by atoms with Crippen LogP contribution < -0.4 is 9.47 Å². The zero-order valence-electron chi connectivity index (χ0n) is 9.70. The van der Waals surface area contributed by atoms with E-state index < -0.39 is 0 Å². The zero-order valence-corrected chi connectivity index (χ0v) is 11.3. The largest absolute Gasteiger partial charge is 0.493 e. The highest BCUT2D eigenvalue weighted by Crippen LogP contribution is 2.28. The van der Waals surface area contributed by atoms with Gasteiger partial charge in [-0.2, -0.15) is 0 Å². The van der Waals surface area contributed by atoms with Crippen LogP contribution in [-0.2, 0) is 0 Å². The summed E-state index contributed by atoms with van der Waals surface area (Å²) in [5, 5.41) is 0.948. The van der Waals surface area contributed by atoms with E-state index >= 15 is 0 Å². The Labute approximate surface area is 105 Å². The van der Waals surface area contributed by atoms with Crippen molar-refractivity contribution in [2.24, 2.45) is 0 Å². The van der Waals surface area contributed by atoms with Gasteiger partial charge in [-0.05, 0) is 31.0 Å². The molecule has 0 saturated carbocycles. The number of methoxy groups -OCH3 is 1. The van der Waals surface area contributed by atoms with E-state index in [4.69, 9.17) is 9.47 Å². The molecule has 0 spiro atoms. The maximum absolute atomic E-state index is 5.67. The summed E-state index contributed by atoms with van der Waals surface area (Å²) in [4.78, 5) is 0. The Bertz CT molecular complexity index is 348. The second-order valence-electron chi connectivity index (χ2n) is 3.30. The molecule has 1 aromatic carbocycles. The highest BCUT2D eigenvalue weighted by atomic mass is 79.9. The average Bonchev–Trinajstić information content (AvgIpc) is 2.30. The van der Waals surface area contributed by atoms with Gasteiger partial charge >= 0.3 is 0 Å². The van der Waals surface area contributed by atoms with Gasteiger partial charge in [0, 0.05) is 5.33 Å². The fraction of sp³-hybridized carbons (Fsp3) is 0.385. The molecule has 0 amide bonds. The minimum atomic E-state index is 0.695. The number of allylic oxidation sites excluding steroid dienone is 1. The molecule has 0 atom stereocenters. The maximum atomic E-state index is 5.67. The van der Waals surface area contributed by atoms with Crippen LogP contribution in [0.15, 0.2) is 24.3 Å². The van der Waals surface area contributed by atoms with Gasteiger partial charge in [-0.1, -0.05) is 34.1 Å². The molecule has 0 unspecified atom stereocenters. The van der Waals surface area contributed by atoms with E-state index in [1.54, 1.807) is 7.11 Å². The Morgan fingerprint density at radius 3 is 2.75 bits per heavy atom. The number of hydrogen-bond donors (Lipinski definition) is 0. The van der Waals surface area contributed by atoms with Crippen molar-refractivity contribution in [2.75, 3.05) is 19.0 Å². The summed E-state index contributed by atoms with van der Waals surface area (Å²) >= 11 is 3.38. The van der Waals surface area contributed by atoms with Gasteiger partial charge in [0.25, 0.3) is 0 Å². The number of ether oxygens (including phenoxy) is 2. The average molecular weight is 285 g/mol. The number of rotatable bonds is 6. The molecule has 0 saturated heterocycles. The third kappa shape index (κ3) is 3.89. The molecule has 1 aromatic rings. The first-order valence-electron chi connectivity index (χ1n) is 5.31. The van der Waals surface area contributed by atoms with Crippen molar-refractivity contribution in [3.63, 3.8) is 0 Å². The van der Waals surface area contributed by atoms with Crippen molar-refractivity contribution in [1.82, 2.24) is 0 Å². The second kappa shape index (κ2) is 7.34. The molecule has 0 bridgehead atoms. The van der Waals surface area contributed by atoms with E-state index in [1.807, 2.05) is 37.3 Å². The van der Waals surface area contributed by atoms with Crippen molar-refractivity contribution < 1.29 is 9.47 Å². The summed E-state index contributed by atoms with van der Waals surface area (Å²) in [5.74, 6) is 1.59. The van der Waals surface area contributed by atoms with Crippen molar-refractivity contribution >= 4 is 22.0 Å². The van der Waals surface area contributed by atoms with Crippen LogP contribution in [0.4, 0.5) is 0 Å². The fourth-order valence-electron chi connectivity index (χ4n) is 1.34. The number of halogens is 1. The number of benzene rings is 1. The van der Waals surface area contributed by atoms with Crippen LogP contribution in [0, 0.1) is 0 Å². The van der Waals surface area contributed by atoms with Crippen LogP contribution in [0.1, 0.15) is 18.9 Å². The van der Waals surface area contributed by atoms with Gasteiger partial charge in [0.15, 0.2) is 11.5 Å². The maximum Gasteiger partial charge on any atom is 0.161 e. The van der Waals surface area contributed by atoms with E-state index in [0.717, 1.165) is 28.8 Å². The monoisotopic (exact) mass is 284 g/mol. The molecule has 1 rings (SSSR count). The molecule has 0 aliphatic heterocycles. The van der Waals surface area contributed by atoms with Gasteiger partial charge in [0.05, 0.1) is 13.7 Å². The molecule has 0 aliphatic rings. The molecular weight excluding hydrogens is 268 g/mol. The molecule has 0 heterocycles. The molecule has 2 nitrogen and oxygen atoms in total. The van der Waals surface area contributed by atoms with Crippen LogP contribution >= 0.6 is 15.9 Å². The normalized spacial score (nSPS) is 10.7. The van der Waals surface area contributed by atoms with Crippen LogP contribution in [0.2, 0.25) is 0 Å². The van der Waals surface area contributed by atoms with Gasteiger partial charge in [0.1, 0.15) is 0 Å². The summed E-state index contributed by atoms with van der Waals surface area (Å²) in [5.41, 5.74) is 1.12. The lowest BCUT2D eigenvalue weighted by atomic mass is 10.2. The van der Waals surface area contributed by atoms with Crippen molar-refractivity contribution in [3.05, 3.63) is 29.8 Å². The summed E-state index contributed by atoms with van der Waals surface area (Å²) in [6.07, 6.45) is 5.03. The first-order chi connectivity index (χ1) is 7.81. The molecule has 0 N–H and O–H groups in total. The zero-order chi connectivity index (χ0) is 11.8. The Morgan fingerprint density at radius 1 is 1.31 bits per heavy atom. The van der Waals surface area contributed by atoms with Gasteiger partial charge in [0.2, 0.25) is 0 Å². The lowest BCUT2D eigenvalue weighted by molar-refractivity contribution is 0.295. The van der Waals surface area contributed by atoms with Crippen LogP contribution in [0.3, 0.4) is 0 Å². The summed E-state index contributed by atoms with van der Waals surface area (Å²) < 4.78 is 10.9. The molecule has 0 radical (unpaired) electrons. The lowest BCUT2D eigenvalue weighted by Crippen LogP contribution is -1.99. The minimum Gasteiger partial charge on any atom is -0.493 e. The molecule has 0 aliphatic carbocycles. The van der Waals surface area contributed by atoms with E-state index in [9.17, 15) is 0 Å². The molecular formula is C13H17BrO2. The van der Waals surface area contributed by atoms with Crippen molar-refractivity contribution in [3.8, 4) is 11.5 Å². The Balaban J connectivity index is 2.80. The molecule has 0 fully saturated rings. The van der Waals surface area contributed by atoms with Crippen molar-refractivity contribution in [1.29, 1.82) is 0 Å². The summed E-state index contributed by atoms with van der Waals surface area (Å²) in [7, 11) is 1.65. The first-order valence-corrected chi connectivity index (χ1v) is 6.43. The van der Waals surface area contributed by atoms with Gasteiger partial charge in [-0.3, -0.25) is 0 Å². The number of hydrogen-bond acceptors (Lipinski definition) is 2. The van der Waals surface area contributed by atoms with E-state index in [-0.39, 0.29) is 0 Å². The quantitative estimate of drug-likeness (QED) is 0.583. The molecule has 88 valence electrons. The van der Waals surface area contributed by atoms with E-state index in [1.165, 1.54) is 0 Å².